The normalized spacial score (nSPS) is 15.4. The van der Waals surface area contributed by atoms with Crippen LogP contribution in [0.15, 0.2) is 12.3 Å². The third kappa shape index (κ3) is 2.85. The lowest BCUT2D eigenvalue weighted by Crippen LogP contribution is -2.26. The van der Waals surface area contributed by atoms with E-state index in [1.54, 1.807) is 12.3 Å². The SMILES string of the molecule is Cc1cnc(OCCN(C)C2CC2)cc1N. The van der Waals surface area contributed by atoms with Gasteiger partial charge in [-0.2, -0.15) is 0 Å². The monoisotopic (exact) mass is 221 g/mol. The van der Waals surface area contributed by atoms with Crippen LogP contribution >= 0.6 is 0 Å². The average Bonchev–Trinajstić information content (AvgIpc) is 3.07. The fraction of sp³-hybridized carbons (Fsp3) is 0.583. The number of hydrogen-bond donors (Lipinski definition) is 1. The molecule has 4 heteroatoms. The van der Waals surface area contributed by atoms with Crippen LogP contribution in [0.3, 0.4) is 0 Å². The summed E-state index contributed by atoms with van der Waals surface area (Å²) in [7, 11) is 2.14. The van der Waals surface area contributed by atoms with Gasteiger partial charge in [0, 0.05) is 30.5 Å². The molecule has 1 fully saturated rings. The zero-order chi connectivity index (χ0) is 11.5. The summed E-state index contributed by atoms with van der Waals surface area (Å²) in [5, 5.41) is 0. The van der Waals surface area contributed by atoms with E-state index in [1.807, 2.05) is 6.92 Å². The van der Waals surface area contributed by atoms with Crippen molar-refractivity contribution in [3.05, 3.63) is 17.8 Å². The van der Waals surface area contributed by atoms with E-state index in [4.69, 9.17) is 10.5 Å². The quantitative estimate of drug-likeness (QED) is 0.817. The standard InChI is InChI=1S/C12H19N3O/c1-9-8-14-12(7-11(9)13)16-6-5-15(2)10-3-4-10/h7-8,10H,3-6H2,1-2H3,(H2,13,14). The van der Waals surface area contributed by atoms with Crippen molar-refractivity contribution in [2.75, 3.05) is 25.9 Å². The lowest BCUT2D eigenvalue weighted by atomic mass is 10.3. The predicted molar refractivity (Wildman–Crippen MR) is 64.5 cm³/mol. The third-order valence-corrected chi connectivity index (χ3v) is 2.98. The van der Waals surface area contributed by atoms with Crippen LogP contribution in [-0.2, 0) is 0 Å². The molecule has 1 aromatic heterocycles. The molecule has 0 aromatic carbocycles. The zero-order valence-corrected chi connectivity index (χ0v) is 9.94. The minimum atomic E-state index is 0.618. The molecule has 1 heterocycles. The number of likely N-dealkylation sites (N-methyl/N-ethyl adjacent to an activating group) is 1. The Kier molecular flexibility index (Phi) is 3.29. The molecule has 0 spiro atoms. The summed E-state index contributed by atoms with van der Waals surface area (Å²) in [6.07, 6.45) is 4.40. The molecule has 1 aliphatic carbocycles. The van der Waals surface area contributed by atoms with E-state index in [-0.39, 0.29) is 0 Å². The van der Waals surface area contributed by atoms with Crippen LogP contribution in [0.2, 0.25) is 0 Å². The predicted octanol–water partition coefficient (Wildman–Crippen LogP) is 1.45. The fourth-order valence-electron chi connectivity index (χ4n) is 1.59. The molecule has 0 saturated heterocycles. The zero-order valence-electron chi connectivity index (χ0n) is 9.94. The smallest absolute Gasteiger partial charge is 0.215 e. The molecule has 0 bridgehead atoms. The number of anilines is 1. The highest BCUT2D eigenvalue weighted by molar-refractivity contribution is 5.47. The second-order valence-corrected chi connectivity index (χ2v) is 4.44. The number of hydrogen-bond acceptors (Lipinski definition) is 4. The van der Waals surface area contributed by atoms with Crippen LogP contribution in [0.4, 0.5) is 5.69 Å². The Morgan fingerprint density at radius 3 is 2.94 bits per heavy atom. The maximum Gasteiger partial charge on any atom is 0.215 e. The first-order chi connectivity index (χ1) is 7.66. The Morgan fingerprint density at radius 2 is 2.31 bits per heavy atom. The van der Waals surface area contributed by atoms with Gasteiger partial charge in [0.2, 0.25) is 5.88 Å². The third-order valence-electron chi connectivity index (χ3n) is 2.98. The number of nitrogens with two attached hydrogens (primary N) is 1. The molecule has 0 unspecified atom stereocenters. The number of ether oxygens (including phenoxy) is 1. The van der Waals surface area contributed by atoms with Gasteiger partial charge < -0.3 is 15.4 Å². The Balaban J connectivity index is 1.78. The minimum absolute atomic E-state index is 0.618. The molecule has 0 atom stereocenters. The summed E-state index contributed by atoms with van der Waals surface area (Å²) in [5.74, 6) is 0.618. The van der Waals surface area contributed by atoms with E-state index in [0.29, 0.717) is 12.5 Å². The fourth-order valence-corrected chi connectivity index (χ4v) is 1.59. The van der Waals surface area contributed by atoms with Crippen molar-refractivity contribution >= 4 is 5.69 Å². The molecule has 88 valence electrons. The summed E-state index contributed by atoms with van der Waals surface area (Å²) in [6, 6.07) is 2.56. The molecule has 0 amide bonds. The van der Waals surface area contributed by atoms with Gasteiger partial charge in [0.15, 0.2) is 0 Å². The van der Waals surface area contributed by atoms with Gasteiger partial charge in [0.25, 0.3) is 0 Å². The Morgan fingerprint density at radius 1 is 1.56 bits per heavy atom. The van der Waals surface area contributed by atoms with Gasteiger partial charge in [-0.1, -0.05) is 0 Å². The van der Waals surface area contributed by atoms with Crippen molar-refractivity contribution in [2.24, 2.45) is 0 Å². The van der Waals surface area contributed by atoms with E-state index in [2.05, 4.69) is 16.9 Å². The van der Waals surface area contributed by atoms with Crippen molar-refractivity contribution in [3.8, 4) is 5.88 Å². The van der Waals surface area contributed by atoms with Gasteiger partial charge >= 0.3 is 0 Å². The molecular weight excluding hydrogens is 202 g/mol. The van der Waals surface area contributed by atoms with Crippen molar-refractivity contribution in [3.63, 3.8) is 0 Å². The molecular formula is C12H19N3O. The van der Waals surface area contributed by atoms with E-state index < -0.39 is 0 Å². The first-order valence-electron chi connectivity index (χ1n) is 5.72. The maximum atomic E-state index is 5.78. The van der Waals surface area contributed by atoms with Gasteiger partial charge in [-0.25, -0.2) is 4.98 Å². The lowest BCUT2D eigenvalue weighted by molar-refractivity contribution is 0.226. The van der Waals surface area contributed by atoms with Crippen molar-refractivity contribution < 1.29 is 4.74 Å². The molecule has 16 heavy (non-hydrogen) atoms. The first kappa shape index (κ1) is 11.2. The average molecular weight is 221 g/mol. The van der Waals surface area contributed by atoms with Gasteiger partial charge in [-0.15, -0.1) is 0 Å². The van der Waals surface area contributed by atoms with Gasteiger partial charge in [0.1, 0.15) is 6.61 Å². The molecule has 1 aromatic rings. The first-order valence-corrected chi connectivity index (χ1v) is 5.72. The van der Waals surface area contributed by atoms with Gasteiger partial charge in [-0.05, 0) is 32.4 Å². The van der Waals surface area contributed by atoms with Crippen LogP contribution in [0.25, 0.3) is 0 Å². The van der Waals surface area contributed by atoms with E-state index in [9.17, 15) is 0 Å². The maximum absolute atomic E-state index is 5.78. The molecule has 0 radical (unpaired) electrons. The molecule has 4 nitrogen and oxygen atoms in total. The number of aromatic nitrogens is 1. The highest BCUT2D eigenvalue weighted by Crippen LogP contribution is 2.24. The summed E-state index contributed by atoms with van der Waals surface area (Å²) >= 11 is 0. The van der Waals surface area contributed by atoms with Crippen LogP contribution in [-0.4, -0.2) is 36.1 Å². The van der Waals surface area contributed by atoms with Crippen molar-refractivity contribution in [1.82, 2.24) is 9.88 Å². The lowest BCUT2D eigenvalue weighted by Gasteiger charge is -2.15. The molecule has 2 N–H and O–H groups in total. The number of nitrogen functional groups attached to an aromatic ring is 1. The Labute approximate surface area is 96.4 Å². The Bertz CT molecular complexity index is 363. The molecule has 0 aliphatic heterocycles. The Hall–Kier alpha value is -1.29. The van der Waals surface area contributed by atoms with Crippen LogP contribution in [0.1, 0.15) is 18.4 Å². The number of aryl methyl sites for hydroxylation is 1. The van der Waals surface area contributed by atoms with Crippen LogP contribution in [0.5, 0.6) is 5.88 Å². The summed E-state index contributed by atoms with van der Waals surface area (Å²) < 4.78 is 5.56. The number of rotatable bonds is 5. The summed E-state index contributed by atoms with van der Waals surface area (Å²) in [4.78, 5) is 6.51. The second kappa shape index (κ2) is 4.70. The van der Waals surface area contributed by atoms with Crippen molar-refractivity contribution in [2.45, 2.75) is 25.8 Å². The van der Waals surface area contributed by atoms with Crippen LogP contribution < -0.4 is 10.5 Å². The van der Waals surface area contributed by atoms with Crippen molar-refractivity contribution in [1.29, 1.82) is 0 Å². The number of nitrogens with zero attached hydrogens (tertiary/aromatic N) is 2. The highest BCUT2D eigenvalue weighted by Gasteiger charge is 2.25. The van der Waals surface area contributed by atoms with E-state index >= 15 is 0 Å². The number of pyridine rings is 1. The van der Waals surface area contributed by atoms with Crippen LogP contribution in [0, 0.1) is 6.92 Å². The minimum Gasteiger partial charge on any atom is -0.476 e. The van der Waals surface area contributed by atoms with E-state index in [0.717, 1.165) is 23.8 Å². The highest BCUT2D eigenvalue weighted by atomic mass is 16.5. The molecule has 1 aliphatic rings. The molecule has 1 saturated carbocycles. The summed E-state index contributed by atoms with van der Waals surface area (Å²) in [6.45, 7) is 3.55. The van der Waals surface area contributed by atoms with E-state index in [1.165, 1.54) is 12.8 Å². The van der Waals surface area contributed by atoms with Gasteiger partial charge in [-0.3, -0.25) is 0 Å². The molecule has 2 rings (SSSR count). The largest absolute Gasteiger partial charge is 0.476 e. The summed E-state index contributed by atoms with van der Waals surface area (Å²) in [5.41, 5.74) is 7.50. The van der Waals surface area contributed by atoms with Gasteiger partial charge in [0.05, 0.1) is 0 Å². The second-order valence-electron chi connectivity index (χ2n) is 4.44. The topological polar surface area (TPSA) is 51.4 Å².